The first-order valence-corrected chi connectivity index (χ1v) is 10.7. The summed E-state index contributed by atoms with van der Waals surface area (Å²) in [6.45, 7) is 1.86. The zero-order valence-corrected chi connectivity index (χ0v) is 17.2. The number of aryl methyl sites for hydroxylation is 1. The minimum Gasteiger partial charge on any atom is -0.497 e. The SMILES string of the molecule is CCOC(=O)CN(CCCCc1ccccc1)S(=O)(=O)c1ccc(OC)cc1. The van der Waals surface area contributed by atoms with E-state index in [0.717, 1.165) is 12.8 Å². The summed E-state index contributed by atoms with van der Waals surface area (Å²) < 4.78 is 37.2. The van der Waals surface area contributed by atoms with E-state index < -0.39 is 16.0 Å². The van der Waals surface area contributed by atoms with Gasteiger partial charge in [-0.15, -0.1) is 0 Å². The minimum atomic E-state index is -3.81. The molecule has 0 radical (unpaired) electrons. The topological polar surface area (TPSA) is 72.9 Å². The van der Waals surface area contributed by atoms with Crippen LogP contribution in [0.15, 0.2) is 59.5 Å². The quantitative estimate of drug-likeness (QED) is 0.424. The molecule has 0 aliphatic carbocycles. The van der Waals surface area contributed by atoms with Gasteiger partial charge in [-0.3, -0.25) is 4.79 Å². The number of rotatable bonds is 11. The highest BCUT2D eigenvalue weighted by atomic mass is 32.2. The molecule has 0 saturated heterocycles. The fourth-order valence-corrected chi connectivity index (χ4v) is 4.22. The predicted molar refractivity (Wildman–Crippen MR) is 108 cm³/mol. The lowest BCUT2D eigenvalue weighted by molar-refractivity contribution is -0.143. The number of sulfonamides is 1. The number of unbranched alkanes of at least 4 members (excludes halogenated alkanes) is 1. The Labute approximate surface area is 167 Å². The number of ether oxygens (including phenoxy) is 2. The highest BCUT2D eigenvalue weighted by Gasteiger charge is 2.26. The van der Waals surface area contributed by atoms with Crippen molar-refractivity contribution in [1.82, 2.24) is 4.31 Å². The summed E-state index contributed by atoms with van der Waals surface area (Å²) in [5.74, 6) is 0.0152. The third-order valence-electron chi connectivity index (χ3n) is 4.27. The number of hydrogen-bond donors (Lipinski definition) is 0. The van der Waals surface area contributed by atoms with Gasteiger partial charge in [0.25, 0.3) is 0 Å². The molecule has 7 heteroatoms. The molecule has 0 heterocycles. The summed E-state index contributed by atoms with van der Waals surface area (Å²) >= 11 is 0. The van der Waals surface area contributed by atoms with Gasteiger partial charge in [-0.1, -0.05) is 30.3 Å². The summed E-state index contributed by atoms with van der Waals surface area (Å²) in [5.41, 5.74) is 1.21. The number of esters is 1. The molecule has 0 bridgehead atoms. The van der Waals surface area contributed by atoms with E-state index in [1.54, 1.807) is 19.1 Å². The molecule has 0 aliphatic heterocycles. The van der Waals surface area contributed by atoms with Crippen molar-refractivity contribution >= 4 is 16.0 Å². The summed E-state index contributed by atoms with van der Waals surface area (Å²) in [4.78, 5) is 12.1. The molecular weight excluding hydrogens is 378 g/mol. The smallest absolute Gasteiger partial charge is 0.321 e. The lowest BCUT2D eigenvalue weighted by Crippen LogP contribution is -2.37. The lowest BCUT2D eigenvalue weighted by Gasteiger charge is -2.21. The van der Waals surface area contributed by atoms with E-state index >= 15 is 0 Å². The van der Waals surface area contributed by atoms with E-state index in [1.807, 2.05) is 30.3 Å². The van der Waals surface area contributed by atoms with Gasteiger partial charge in [-0.2, -0.15) is 4.31 Å². The molecule has 2 aromatic rings. The Morgan fingerprint density at radius 2 is 1.68 bits per heavy atom. The maximum absolute atomic E-state index is 13.0. The van der Waals surface area contributed by atoms with Gasteiger partial charge in [0.2, 0.25) is 10.0 Å². The number of carbonyl (C=O) groups is 1. The molecule has 2 aromatic carbocycles. The first-order chi connectivity index (χ1) is 13.5. The minimum absolute atomic E-state index is 0.126. The Kier molecular flexibility index (Phi) is 8.47. The lowest BCUT2D eigenvalue weighted by atomic mass is 10.1. The number of carbonyl (C=O) groups excluding carboxylic acids is 1. The summed E-state index contributed by atoms with van der Waals surface area (Å²) in [5, 5.41) is 0. The van der Waals surface area contributed by atoms with Crippen LogP contribution in [0, 0.1) is 0 Å². The zero-order chi connectivity index (χ0) is 20.4. The monoisotopic (exact) mass is 405 g/mol. The van der Waals surface area contributed by atoms with E-state index in [4.69, 9.17) is 9.47 Å². The molecular formula is C21H27NO5S. The molecule has 0 fully saturated rings. The van der Waals surface area contributed by atoms with Gasteiger partial charge in [0.1, 0.15) is 12.3 Å². The third kappa shape index (κ3) is 6.35. The molecule has 6 nitrogen and oxygen atoms in total. The molecule has 2 rings (SSSR count). The van der Waals surface area contributed by atoms with Crippen molar-refractivity contribution in [2.24, 2.45) is 0 Å². The fourth-order valence-electron chi connectivity index (χ4n) is 2.79. The number of nitrogens with zero attached hydrogens (tertiary/aromatic N) is 1. The molecule has 0 unspecified atom stereocenters. The second-order valence-corrected chi connectivity index (χ2v) is 8.20. The van der Waals surface area contributed by atoms with E-state index in [0.29, 0.717) is 12.2 Å². The number of benzene rings is 2. The van der Waals surface area contributed by atoms with Crippen LogP contribution in [0.3, 0.4) is 0 Å². The van der Waals surface area contributed by atoms with Gasteiger partial charge in [0, 0.05) is 6.54 Å². The van der Waals surface area contributed by atoms with Crippen LogP contribution in [0.1, 0.15) is 25.3 Å². The van der Waals surface area contributed by atoms with Gasteiger partial charge in [0.15, 0.2) is 0 Å². The molecule has 0 amide bonds. The molecule has 0 aromatic heterocycles. The molecule has 0 N–H and O–H groups in total. The highest BCUT2D eigenvalue weighted by Crippen LogP contribution is 2.20. The van der Waals surface area contributed by atoms with Crippen molar-refractivity contribution in [3.63, 3.8) is 0 Å². The second-order valence-electron chi connectivity index (χ2n) is 6.26. The van der Waals surface area contributed by atoms with Gasteiger partial charge >= 0.3 is 5.97 Å². The number of hydrogen-bond acceptors (Lipinski definition) is 5. The maximum atomic E-state index is 13.0. The molecule has 0 spiro atoms. The normalized spacial score (nSPS) is 11.4. The fraction of sp³-hybridized carbons (Fsp3) is 0.381. The highest BCUT2D eigenvalue weighted by molar-refractivity contribution is 7.89. The van der Waals surface area contributed by atoms with Crippen molar-refractivity contribution in [3.05, 3.63) is 60.2 Å². The Bertz CT molecular complexity index is 835. The Morgan fingerprint density at radius 1 is 1.00 bits per heavy atom. The van der Waals surface area contributed by atoms with E-state index in [2.05, 4.69) is 0 Å². The summed E-state index contributed by atoms with van der Waals surface area (Å²) in [6, 6.07) is 16.2. The van der Waals surface area contributed by atoms with Crippen LogP contribution in [-0.2, 0) is 26.0 Å². The van der Waals surface area contributed by atoms with Gasteiger partial charge in [-0.25, -0.2) is 8.42 Å². The van der Waals surface area contributed by atoms with Gasteiger partial charge in [-0.05, 0) is 56.0 Å². The Morgan fingerprint density at radius 3 is 2.29 bits per heavy atom. The van der Waals surface area contributed by atoms with Crippen molar-refractivity contribution in [2.45, 2.75) is 31.1 Å². The van der Waals surface area contributed by atoms with Crippen molar-refractivity contribution < 1.29 is 22.7 Å². The van der Waals surface area contributed by atoms with Crippen molar-refractivity contribution in [3.8, 4) is 5.75 Å². The first-order valence-electron chi connectivity index (χ1n) is 9.31. The van der Waals surface area contributed by atoms with E-state index in [9.17, 15) is 13.2 Å². The van der Waals surface area contributed by atoms with Crippen LogP contribution in [0.2, 0.25) is 0 Å². The van der Waals surface area contributed by atoms with Crippen LogP contribution >= 0.6 is 0 Å². The van der Waals surface area contributed by atoms with Crippen molar-refractivity contribution in [1.29, 1.82) is 0 Å². The van der Waals surface area contributed by atoms with Crippen LogP contribution < -0.4 is 4.74 Å². The van der Waals surface area contributed by atoms with E-state index in [1.165, 1.54) is 29.1 Å². The van der Waals surface area contributed by atoms with Crippen LogP contribution in [0.4, 0.5) is 0 Å². The zero-order valence-electron chi connectivity index (χ0n) is 16.3. The Balaban J connectivity index is 2.07. The standard InChI is InChI=1S/C21H27NO5S/c1-3-27-21(23)17-22(16-8-7-11-18-9-5-4-6-10-18)28(24,25)20-14-12-19(26-2)13-15-20/h4-6,9-10,12-15H,3,7-8,11,16-17H2,1-2H3. The number of methoxy groups -OCH3 is 1. The van der Waals surface area contributed by atoms with E-state index in [-0.39, 0.29) is 24.6 Å². The van der Waals surface area contributed by atoms with Crippen LogP contribution in [0.25, 0.3) is 0 Å². The molecule has 152 valence electrons. The largest absolute Gasteiger partial charge is 0.497 e. The predicted octanol–water partition coefficient (Wildman–Crippen LogP) is 3.27. The average molecular weight is 406 g/mol. The van der Waals surface area contributed by atoms with Crippen LogP contribution in [-0.4, -0.2) is 45.5 Å². The molecule has 28 heavy (non-hydrogen) atoms. The average Bonchev–Trinajstić information content (AvgIpc) is 2.71. The van der Waals surface area contributed by atoms with Gasteiger partial charge in [0.05, 0.1) is 18.6 Å². The molecule has 0 atom stereocenters. The third-order valence-corrected chi connectivity index (χ3v) is 6.13. The summed E-state index contributed by atoms with van der Waals surface area (Å²) in [6.07, 6.45) is 2.32. The first kappa shape index (κ1) is 21.9. The summed E-state index contributed by atoms with van der Waals surface area (Å²) in [7, 11) is -2.29. The van der Waals surface area contributed by atoms with Gasteiger partial charge < -0.3 is 9.47 Å². The maximum Gasteiger partial charge on any atom is 0.321 e. The van der Waals surface area contributed by atoms with Crippen molar-refractivity contribution in [2.75, 3.05) is 26.8 Å². The Hall–Kier alpha value is -2.38. The molecule has 0 aliphatic rings. The molecule has 0 saturated carbocycles. The second kappa shape index (κ2) is 10.8. The van der Waals surface area contributed by atoms with Crippen LogP contribution in [0.5, 0.6) is 5.75 Å².